The minimum absolute atomic E-state index is 0.00898. The largest absolute Gasteiger partial charge is 0.508 e. The fourth-order valence-electron chi connectivity index (χ4n) is 2.31. The smallest absolute Gasteiger partial charge is 0.239 e. The van der Waals surface area contributed by atoms with Crippen LogP contribution in [0.1, 0.15) is 13.8 Å². The van der Waals surface area contributed by atoms with Crippen LogP contribution in [0.5, 0.6) is 28.7 Å². The number of benzene rings is 2. The first-order valence-corrected chi connectivity index (χ1v) is 7.51. The van der Waals surface area contributed by atoms with Crippen LogP contribution in [-0.2, 0) is 0 Å². The Morgan fingerprint density at radius 3 is 2.20 bits per heavy atom. The van der Waals surface area contributed by atoms with Gasteiger partial charge in [-0.1, -0.05) is 13.8 Å². The first-order chi connectivity index (χ1) is 11.9. The van der Waals surface area contributed by atoms with E-state index in [-0.39, 0.29) is 39.5 Å². The molecule has 0 spiro atoms. The normalized spacial score (nSPS) is 10.2. The highest BCUT2D eigenvalue weighted by molar-refractivity contribution is 5.88. The molecule has 0 amide bonds. The van der Waals surface area contributed by atoms with E-state index in [1.165, 1.54) is 31.4 Å². The van der Waals surface area contributed by atoms with Crippen molar-refractivity contribution in [1.29, 1.82) is 0 Å². The average molecular weight is 346 g/mol. The maximum Gasteiger partial charge on any atom is 0.239 e. The lowest BCUT2D eigenvalue weighted by Gasteiger charge is -2.10. The summed E-state index contributed by atoms with van der Waals surface area (Å²) in [5.41, 5.74) is -0.399. The molecular formula is C18H18O7. The standard InChI is InChI=1S/C16H12O7.C2H6/c1-22-16-14(21)13-11(20)5-8(17)6-12(13)23-15(16)7-2-3-9(18)10(19)4-7;1-2/h2-6,17-20H,1H3;1-2H3. The van der Waals surface area contributed by atoms with Crippen LogP contribution in [0.3, 0.4) is 0 Å². The van der Waals surface area contributed by atoms with Gasteiger partial charge in [0.2, 0.25) is 11.2 Å². The van der Waals surface area contributed by atoms with Gasteiger partial charge in [-0.15, -0.1) is 0 Å². The van der Waals surface area contributed by atoms with Crippen molar-refractivity contribution < 1.29 is 29.6 Å². The van der Waals surface area contributed by atoms with E-state index in [1.54, 1.807) is 0 Å². The molecule has 0 aliphatic carbocycles. The Balaban J connectivity index is 0.00000109. The predicted molar refractivity (Wildman–Crippen MR) is 92.5 cm³/mol. The Hall–Kier alpha value is -3.35. The Bertz CT molecular complexity index is 973. The van der Waals surface area contributed by atoms with Crippen LogP contribution in [0.25, 0.3) is 22.3 Å². The minimum atomic E-state index is -0.631. The number of methoxy groups -OCH3 is 1. The van der Waals surface area contributed by atoms with Crippen molar-refractivity contribution in [1.82, 2.24) is 0 Å². The van der Waals surface area contributed by atoms with Crippen molar-refractivity contribution in [2.75, 3.05) is 7.11 Å². The summed E-state index contributed by atoms with van der Waals surface area (Å²) in [5, 5.41) is 38.2. The number of hydrogen-bond donors (Lipinski definition) is 4. The molecule has 3 rings (SSSR count). The summed E-state index contributed by atoms with van der Waals surface area (Å²) in [5.74, 6) is -1.62. The zero-order valence-corrected chi connectivity index (χ0v) is 13.9. The van der Waals surface area contributed by atoms with E-state index in [4.69, 9.17) is 9.15 Å². The van der Waals surface area contributed by atoms with E-state index in [0.29, 0.717) is 0 Å². The van der Waals surface area contributed by atoms with Gasteiger partial charge >= 0.3 is 0 Å². The summed E-state index contributed by atoms with van der Waals surface area (Å²) in [7, 11) is 1.26. The molecule has 0 radical (unpaired) electrons. The third-order valence-corrected chi connectivity index (χ3v) is 3.36. The van der Waals surface area contributed by atoms with Gasteiger partial charge in [0.15, 0.2) is 17.3 Å². The molecule has 0 bridgehead atoms. The predicted octanol–water partition coefficient (Wildman–Crippen LogP) is 3.32. The molecule has 0 saturated carbocycles. The van der Waals surface area contributed by atoms with E-state index in [9.17, 15) is 25.2 Å². The van der Waals surface area contributed by atoms with Gasteiger partial charge in [-0.05, 0) is 18.2 Å². The first kappa shape index (κ1) is 18.0. The van der Waals surface area contributed by atoms with Crippen LogP contribution < -0.4 is 10.2 Å². The molecule has 1 aromatic heterocycles. The summed E-state index contributed by atoms with van der Waals surface area (Å²) >= 11 is 0. The van der Waals surface area contributed by atoms with Gasteiger partial charge in [0, 0.05) is 17.7 Å². The van der Waals surface area contributed by atoms with Crippen molar-refractivity contribution in [3.05, 3.63) is 40.6 Å². The van der Waals surface area contributed by atoms with Gasteiger partial charge in [0.1, 0.15) is 22.5 Å². The van der Waals surface area contributed by atoms with Crippen LogP contribution in [0.15, 0.2) is 39.5 Å². The zero-order chi connectivity index (χ0) is 18.7. The summed E-state index contributed by atoms with van der Waals surface area (Å²) in [6, 6.07) is 6.05. The third-order valence-electron chi connectivity index (χ3n) is 3.36. The molecule has 0 atom stereocenters. The lowest BCUT2D eigenvalue weighted by molar-refractivity contribution is 0.395. The molecule has 0 aliphatic rings. The number of phenols is 4. The minimum Gasteiger partial charge on any atom is -0.508 e. The van der Waals surface area contributed by atoms with Crippen LogP contribution in [0, 0.1) is 0 Å². The maximum absolute atomic E-state index is 12.5. The van der Waals surface area contributed by atoms with Crippen molar-refractivity contribution in [2.24, 2.45) is 0 Å². The highest BCUT2D eigenvalue weighted by Gasteiger charge is 2.20. The number of aromatic hydroxyl groups is 4. The Morgan fingerprint density at radius 2 is 1.60 bits per heavy atom. The number of fused-ring (bicyclic) bond motifs is 1. The second-order valence-electron chi connectivity index (χ2n) is 4.84. The molecule has 0 aliphatic heterocycles. The fourth-order valence-corrected chi connectivity index (χ4v) is 2.31. The highest BCUT2D eigenvalue weighted by Crippen LogP contribution is 2.37. The molecular weight excluding hydrogens is 328 g/mol. The molecule has 3 aromatic rings. The Kier molecular flexibility index (Phi) is 5.07. The Morgan fingerprint density at radius 1 is 0.920 bits per heavy atom. The average Bonchev–Trinajstić information content (AvgIpc) is 2.58. The van der Waals surface area contributed by atoms with Gasteiger partial charge in [0.05, 0.1) is 7.11 Å². The van der Waals surface area contributed by atoms with E-state index in [1.807, 2.05) is 13.8 Å². The summed E-state index contributed by atoms with van der Waals surface area (Å²) < 4.78 is 10.6. The number of phenolic OH excluding ortho intramolecular Hbond substituents is 4. The van der Waals surface area contributed by atoms with Crippen LogP contribution in [0.2, 0.25) is 0 Å². The Labute approximate surface area is 143 Å². The maximum atomic E-state index is 12.5. The van der Waals surface area contributed by atoms with Crippen molar-refractivity contribution in [2.45, 2.75) is 13.8 Å². The van der Waals surface area contributed by atoms with Crippen LogP contribution >= 0.6 is 0 Å². The molecule has 2 aromatic carbocycles. The molecule has 4 N–H and O–H groups in total. The lowest BCUT2D eigenvalue weighted by Crippen LogP contribution is -2.07. The molecule has 0 saturated heterocycles. The summed E-state index contributed by atoms with van der Waals surface area (Å²) in [6.45, 7) is 4.00. The second kappa shape index (κ2) is 7.04. The molecule has 7 nitrogen and oxygen atoms in total. The second-order valence-corrected chi connectivity index (χ2v) is 4.84. The van der Waals surface area contributed by atoms with E-state index < -0.39 is 16.9 Å². The molecule has 0 unspecified atom stereocenters. The van der Waals surface area contributed by atoms with E-state index in [2.05, 4.69) is 0 Å². The van der Waals surface area contributed by atoms with Gasteiger partial charge in [0.25, 0.3) is 0 Å². The van der Waals surface area contributed by atoms with Crippen LogP contribution in [0.4, 0.5) is 0 Å². The van der Waals surface area contributed by atoms with Crippen molar-refractivity contribution >= 4 is 11.0 Å². The van der Waals surface area contributed by atoms with E-state index >= 15 is 0 Å². The number of hydrogen-bond acceptors (Lipinski definition) is 7. The summed E-state index contributed by atoms with van der Waals surface area (Å²) in [4.78, 5) is 12.5. The molecule has 25 heavy (non-hydrogen) atoms. The number of rotatable bonds is 2. The third kappa shape index (κ3) is 3.16. The van der Waals surface area contributed by atoms with Gasteiger partial charge in [-0.3, -0.25) is 4.79 Å². The molecule has 7 heteroatoms. The van der Waals surface area contributed by atoms with Crippen molar-refractivity contribution in [3.63, 3.8) is 0 Å². The first-order valence-electron chi connectivity index (χ1n) is 7.51. The lowest BCUT2D eigenvalue weighted by atomic mass is 10.1. The fraction of sp³-hybridized carbons (Fsp3) is 0.167. The van der Waals surface area contributed by atoms with E-state index in [0.717, 1.165) is 6.07 Å². The highest BCUT2D eigenvalue weighted by atomic mass is 16.5. The van der Waals surface area contributed by atoms with Crippen LogP contribution in [-0.4, -0.2) is 27.5 Å². The van der Waals surface area contributed by atoms with Gasteiger partial charge < -0.3 is 29.6 Å². The molecule has 132 valence electrons. The van der Waals surface area contributed by atoms with Crippen molar-refractivity contribution in [3.8, 4) is 40.1 Å². The van der Waals surface area contributed by atoms with Gasteiger partial charge in [-0.25, -0.2) is 0 Å². The number of ether oxygens (including phenoxy) is 1. The van der Waals surface area contributed by atoms with Gasteiger partial charge in [-0.2, -0.15) is 0 Å². The molecule has 1 heterocycles. The SMILES string of the molecule is CC.COc1c(-c2ccc(O)c(O)c2)oc2cc(O)cc(O)c2c1=O. The monoisotopic (exact) mass is 346 g/mol. The topological polar surface area (TPSA) is 120 Å². The molecule has 0 fully saturated rings. The summed E-state index contributed by atoms with van der Waals surface area (Å²) in [6.07, 6.45) is 0. The zero-order valence-electron chi connectivity index (χ0n) is 13.9. The quantitative estimate of drug-likeness (QED) is 0.525.